The van der Waals surface area contributed by atoms with Gasteiger partial charge in [-0.3, -0.25) is 4.98 Å². The van der Waals surface area contributed by atoms with Gasteiger partial charge in [0, 0.05) is 5.69 Å². The molecule has 4 N–H and O–H groups in total. The van der Waals surface area contributed by atoms with E-state index in [-0.39, 0.29) is 10.1 Å². The number of nitrogens with zero attached hydrogens (tertiary/aromatic N) is 3. The van der Waals surface area contributed by atoms with Crippen LogP contribution in [0.4, 0.5) is 10.5 Å². The number of hydrogen-bond acceptors (Lipinski definition) is 6. The largest absolute Gasteiger partial charge is 0.383 e. The van der Waals surface area contributed by atoms with E-state index in [4.69, 9.17) is 10.1 Å². The van der Waals surface area contributed by atoms with Crippen LogP contribution in [0.25, 0.3) is 0 Å². The molecule has 0 radical (unpaired) electrons. The standard InChI is InChI=1S/C18H25N5O3S2/c1-10(2)15-13(8-11-6-5-7-12(11)21-15)22-17(24)23-28(19,26)14-9-20-16(27-14)18(3,4)25/h8-10,25H,5-7H2,1-4H3,(H3,19,22,23,24,26)/t28-/m1/s1. The monoisotopic (exact) mass is 423 g/mol. The summed E-state index contributed by atoms with van der Waals surface area (Å²) in [6.45, 7) is 7.12. The maximum atomic E-state index is 12.8. The molecule has 3 rings (SSSR count). The number of aliphatic hydroxyl groups is 1. The Bertz CT molecular complexity index is 1030. The fourth-order valence-corrected chi connectivity index (χ4v) is 5.07. The summed E-state index contributed by atoms with van der Waals surface area (Å²) >= 11 is 0.972. The first-order valence-corrected chi connectivity index (χ1v) is 11.4. The van der Waals surface area contributed by atoms with Crippen LogP contribution in [0.3, 0.4) is 0 Å². The molecule has 8 nitrogen and oxygen atoms in total. The number of amides is 2. The number of anilines is 1. The van der Waals surface area contributed by atoms with Gasteiger partial charge in [0.15, 0.2) is 9.92 Å². The Morgan fingerprint density at radius 3 is 2.75 bits per heavy atom. The molecule has 28 heavy (non-hydrogen) atoms. The summed E-state index contributed by atoms with van der Waals surface area (Å²) in [6, 6.07) is 1.13. The first-order valence-electron chi connectivity index (χ1n) is 9.04. The minimum atomic E-state index is -3.48. The van der Waals surface area contributed by atoms with Crippen molar-refractivity contribution in [2.24, 2.45) is 9.50 Å². The lowest BCUT2D eigenvalue weighted by Gasteiger charge is -2.14. The number of aromatic nitrogens is 2. The molecule has 0 saturated heterocycles. The molecule has 10 heteroatoms. The zero-order valence-corrected chi connectivity index (χ0v) is 18.0. The van der Waals surface area contributed by atoms with Gasteiger partial charge in [-0.2, -0.15) is 0 Å². The molecule has 0 bridgehead atoms. The summed E-state index contributed by atoms with van der Waals surface area (Å²) < 4.78 is 16.6. The molecule has 0 unspecified atom stereocenters. The third kappa shape index (κ3) is 4.40. The minimum absolute atomic E-state index is 0.110. The van der Waals surface area contributed by atoms with Gasteiger partial charge in [0.2, 0.25) is 0 Å². The van der Waals surface area contributed by atoms with Crippen LogP contribution >= 0.6 is 11.3 Å². The van der Waals surface area contributed by atoms with Gasteiger partial charge in [-0.05, 0) is 50.7 Å². The van der Waals surface area contributed by atoms with Crippen molar-refractivity contribution in [3.05, 3.63) is 34.2 Å². The number of thiazole rings is 1. The fourth-order valence-electron chi connectivity index (χ4n) is 3.01. The number of nitrogens with two attached hydrogens (primary N) is 1. The molecule has 2 amide bonds. The molecule has 2 heterocycles. The average Bonchev–Trinajstić information content (AvgIpc) is 3.22. The van der Waals surface area contributed by atoms with Crippen LogP contribution < -0.4 is 10.5 Å². The van der Waals surface area contributed by atoms with E-state index in [9.17, 15) is 14.1 Å². The number of hydrogen-bond donors (Lipinski definition) is 3. The van der Waals surface area contributed by atoms with E-state index in [0.717, 1.165) is 47.6 Å². The molecule has 2 aromatic heterocycles. The molecule has 152 valence electrons. The summed E-state index contributed by atoms with van der Waals surface area (Å²) in [7, 11) is -3.48. The first kappa shape index (κ1) is 20.8. The summed E-state index contributed by atoms with van der Waals surface area (Å²) in [4.78, 5) is 21.2. The number of carbonyl (C=O) groups is 1. The highest BCUT2D eigenvalue weighted by molar-refractivity contribution is 7.93. The Morgan fingerprint density at radius 1 is 1.43 bits per heavy atom. The molecule has 0 saturated carbocycles. The van der Waals surface area contributed by atoms with Crippen molar-refractivity contribution < 1.29 is 14.1 Å². The van der Waals surface area contributed by atoms with Crippen LogP contribution in [0.2, 0.25) is 0 Å². The molecule has 1 atom stereocenters. The second-order valence-electron chi connectivity index (χ2n) is 7.67. The predicted molar refractivity (Wildman–Crippen MR) is 110 cm³/mol. The Labute approximate surface area is 168 Å². The number of rotatable bonds is 4. The van der Waals surface area contributed by atoms with Crippen LogP contribution in [-0.4, -0.2) is 25.3 Å². The van der Waals surface area contributed by atoms with E-state index in [2.05, 4.69) is 14.7 Å². The van der Waals surface area contributed by atoms with Gasteiger partial charge in [-0.1, -0.05) is 13.8 Å². The summed E-state index contributed by atoms with van der Waals surface area (Å²) in [6.07, 6.45) is 4.20. The Kier molecular flexibility index (Phi) is 5.59. The molecular formula is C18H25N5O3S2. The van der Waals surface area contributed by atoms with Crippen molar-refractivity contribution >= 4 is 33.0 Å². The van der Waals surface area contributed by atoms with Gasteiger partial charge >= 0.3 is 6.03 Å². The van der Waals surface area contributed by atoms with Crippen LogP contribution in [0, 0.1) is 0 Å². The molecule has 1 aliphatic rings. The smallest absolute Gasteiger partial charge is 0.354 e. The molecule has 0 spiro atoms. The molecule has 0 aromatic carbocycles. The first-order chi connectivity index (χ1) is 13.0. The zero-order valence-electron chi connectivity index (χ0n) is 16.4. The molecule has 2 aromatic rings. The third-order valence-electron chi connectivity index (χ3n) is 4.38. The van der Waals surface area contributed by atoms with Gasteiger partial charge in [0.25, 0.3) is 0 Å². The zero-order chi connectivity index (χ0) is 20.7. The van der Waals surface area contributed by atoms with Gasteiger partial charge in [0.1, 0.15) is 14.8 Å². The van der Waals surface area contributed by atoms with Gasteiger partial charge < -0.3 is 10.4 Å². The maximum absolute atomic E-state index is 12.8. The van der Waals surface area contributed by atoms with Crippen molar-refractivity contribution in [3.8, 4) is 0 Å². The van der Waals surface area contributed by atoms with Crippen molar-refractivity contribution in [1.82, 2.24) is 9.97 Å². The number of nitrogens with one attached hydrogen (secondary N) is 1. The normalized spacial score (nSPS) is 16.0. The number of pyridine rings is 1. The van der Waals surface area contributed by atoms with Crippen LogP contribution in [-0.2, 0) is 28.4 Å². The summed E-state index contributed by atoms with van der Waals surface area (Å²) in [5, 5.41) is 18.9. The fraction of sp³-hybridized carbons (Fsp3) is 0.500. The lowest BCUT2D eigenvalue weighted by atomic mass is 10.1. The van der Waals surface area contributed by atoms with E-state index in [0.29, 0.717) is 10.7 Å². The van der Waals surface area contributed by atoms with Crippen LogP contribution in [0.15, 0.2) is 20.8 Å². The highest BCUT2D eigenvalue weighted by Crippen LogP contribution is 2.30. The number of urea groups is 1. The quantitative estimate of drug-likeness (QED) is 0.694. The highest BCUT2D eigenvalue weighted by atomic mass is 32.2. The molecular weight excluding hydrogens is 398 g/mol. The SMILES string of the molecule is CC(C)c1nc2c(cc1NC(=O)N=[S@@](N)(=O)c1cnc(C(C)(C)O)s1)CCC2. The summed E-state index contributed by atoms with van der Waals surface area (Å²) in [5.74, 6) is 0.110. The summed E-state index contributed by atoms with van der Waals surface area (Å²) in [5.41, 5.74) is 2.34. The molecule has 0 fully saturated rings. The van der Waals surface area contributed by atoms with E-state index < -0.39 is 21.5 Å². The van der Waals surface area contributed by atoms with Crippen LogP contribution in [0.1, 0.15) is 62.0 Å². The third-order valence-corrected chi connectivity index (χ3v) is 7.57. The lowest BCUT2D eigenvalue weighted by molar-refractivity contribution is 0.0783. The van der Waals surface area contributed by atoms with Crippen molar-refractivity contribution in [1.29, 1.82) is 0 Å². The topological polar surface area (TPSA) is 131 Å². The van der Waals surface area contributed by atoms with Gasteiger partial charge in [-0.15, -0.1) is 15.7 Å². The van der Waals surface area contributed by atoms with Crippen molar-refractivity contribution in [2.75, 3.05) is 5.32 Å². The number of fused-ring (bicyclic) bond motifs is 1. The Balaban J connectivity index is 1.89. The second kappa shape index (κ2) is 7.51. The average molecular weight is 424 g/mol. The van der Waals surface area contributed by atoms with E-state index in [1.807, 2.05) is 19.9 Å². The lowest BCUT2D eigenvalue weighted by Crippen LogP contribution is -2.18. The molecule has 0 aliphatic heterocycles. The Hall–Kier alpha value is -1.88. The van der Waals surface area contributed by atoms with Gasteiger partial charge in [-0.25, -0.2) is 19.1 Å². The predicted octanol–water partition coefficient (Wildman–Crippen LogP) is 3.31. The maximum Gasteiger partial charge on any atom is 0.354 e. The van der Waals surface area contributed by atoms with E-state index in [1.165, 1.54) is 6.20 Å². The molecule has 1 aliphatic carbocycles. The second-order valence-corrected chi connectivity index (χ2v) is 10.7. The van der Waals surface area contributed by atoms with E-state index >= 15 is 0 Å². The van der Waals surface area contributed by atoms with E-state index in [1.54, 1.807) is 13.8 Å². The number of aryl methyl sites for hydroxylation is 2. The highest BCUT2D eigenvalue weighted by Gasteiger charge is 2.24. The minimum Gasteiger partial charge on any atom is -0.383 e. The van der Waals surface area contributed by atoms with Crippen molar-refractivity contribution in [2.45, 2.75) is 62.7 Å². The van der Waals surface area contributed by atoms with Crippen LogP contribution in [0.5, 0.6) is 0 Å². The van der Waals surface area contributed by atoms with Gasteiger partial charge in [0.05, 0.1) is 17.6 Å². The Morgan fingerprint density at radius 2 is 2.14 bits per heavy atom. The number of carbonyl (C=O) groups excluding carboxylic acids is 1. The van der Waals surface area contributed by atoms with Crippen molar-refractivity contribution in [3.63, 3.8) is 0 Å².